The van der Waals surface area contributed by atoms with E-state index >= 15 is 0 Å². The first kappa shape index (κ1) is 13.7. The van der Waals surface area contributed by atoms with Gasteiger partial charge in [0.15, 0.2) is 0 Å². The van der Waals surface area contributed by atoms with Crippen molar-refractivity contribution in [1.82, 2.24) is 5.32 Å². The summed E-state index contributed by atoms with van der Waals surface area (Å²) in [5.41, 5.74) is 8.37. The van der Waals surface area contributed by atoms with Gasteiger partial charge in [0.05, 0.1) is 0 Å². The first-order chi connectivity index (χ1) is 7.54. The van der Waals surface area contributed by atoms with Gasteiger partial charge in [-0.05, 0) is 36.1 Å². The standard InChI is InChI=1S/C13H21BrN2/c1-9(2)13(7-15)16-8-11-4-5-12(14)6-10(11)3/h4-6,9,13,16H,7-8,15H2,1-3H3. The topological polar surface area (TPSA) is 38.0 Å². The molecule has 2 nitrogen and oxygen atoms in total. The first-order valence-electron chi connectivity index (χ1n) is 5.73. The van der Waals surface area contributed by atoms with E-state index in [-0.39, 0.29) is 0 Å². The van der Waals surface area contributed by atoms with Crippen LogP contribution in [0.3, 0.4) is 0 Å². The molecule has 90 valence electrons. The SMILES string of the molecule is Cc1cc(Br)ccc1CNC(CN)C(C)C. The molecule has 0 radical (unpaired) electrons. The fourth-order valence-electron chi connectivity index (χ4n) is 1.69. The van der Waals surface area contributed by atoms with Crippen molar-refractivity contribution in [2.75, 3.05) is 6.54 Å². The second-order valence-corrected chi connectivity index (χ2v) is 5.45. The van der Waals surface area contributed by atoms with Gasteiger partial charge < -0.3 is 11.1 Å². The summed E-state index contributed by atoms with van der Waals surface area (Å²) in [5.74, 6) is 0.570. The monoisotopic (exact) mass is 284 g/mol. The lowest BCUT2D eigenvalue weighted by Gasteiger charge is -2.21. The summed E-state index contributed by atoms with van der Waals surface area (Å²) in [4.78, 5) is 0. The van der Waals surface area contributed by atoms with Crippen LogP contribution in [0.4, 0.5) is 0 Å². The average Bonchev–Trinajstić information content (AvgIpc) is 2.21. The molecule has 3 N–H and O–H groups in total. The number of benzene rings is 1. The summed E-state index contributed by atoms with van der Waals surface area (Å²) in [7, 11) is 0. The van der Waals surface area contributed by atoms with Gasteiger partial charge in [0.2, 0.25) is 0 Å². The maximum Gasteiger partial charge on any atom is 0.0216 e. The molecule has 0 saturated carbocycles. The van der Waals surface area contributed by atoms with Gasteiger partial charge >= 0.3 is 0 Å². The molecule has 0 heterocycles. The van der Waals surface area contributed by atoms with E-state index in [4.69, 9.17) is 5.73 Å². The molecule has 1 atom stereocenters. The Bertz CT molecular complexity index is 337. The third kappa shape index (κ3) is 3.89. The Kier molecular flexibility index (Phi) is 5.46. The summed E-state index contributed by atoms with van der Waals surface area (Å²) in [6.07, 6.45) is 0. The minimum absolute atomic E-state index is 0.392. The third-order valence-corrected chi connectivity index (χ3v) is 3.41. The van der Waals surface area contributed by atoms with E-state index in [2.05, 4.69) is 60.2 Å². The van der Waals surface area contributed by atoms with Crippen LogP contribution in [0.15, 0.2) is 22.7 Å². The van der Waals surface area contributed by atoms with E-state index < -0.39 is 0 Å². The Balaban J connectivity index is 2.60. The number of nitrogens with two attached hydrogens (primary N) is 1. The van der Waals surface area contributed by atoms with Crippen LogP contribution in [0.2, 0.25) is 0 Å². The predicted octanol–water partition coefficient (Wildman–Crippen LogP) is 2.83. The molecule has 0 fully saturated rings. The lowest BCUT2D eigenvalue weighted by Crippen LogP contribution is -2.39. The van der Waals surface area contributed by atoms with Crippen LogP contribution in [-0.4, -0.2) is 12.6 Å². The summed E-state index contributed by atoms with van der Waals surface area (Å²) in [5, 5.41) is 3.51. The van der Waals surface area contributed by atoms with Crippen LogP contribution in [0.25, 0.3) is 0 Å². The zero-order valence-corrected chi connectivity index (χ0v) is 11.8. The second kappa shape index (κ2) is 6.38. The van der Waals surface area contributed by atoms with Crippen molar-refractivity contribution in [1.29, 1.82) is 0 Å². The highest BCUT2D eigenvalue weighted by Crippen LogP contribution is 2.16. The maximum atomic E-state index is 5.73. The normalized spacial score (nSPS) is 13.1. The molecule has 0 bridgehead atoms. The molecule has 0 aliphatic heterocycles. The van der Waals surface area contributed by atoms with Crippen molar-refractivity contribution in [3.63, 3.8) is 0 Å². The summed E-state index contributed by atoms with van der Waals surface area (Å²) < 4.78 is 1.13. The van der Waals surface area contributed by atoms with Crippen molar-refractivity contribution in [3.8, 4) is 0 Å². The van der Waals surface area contributed by atoms with Gasteiger partial charge in [-0.2, -0.15) is 0 Å². The number of aryl methyl sites for hydroxylation is 1. The first-order valence-corrected chi connectivity index (χ1v) is 6.52. The van der Waals surface area contributed by atoms with Gasteiger partial charge in [0.1, 0.15) is 0 Å². The van der Waals surface area contributed by atoms with Crippen molar-refractivity contribution < 1.29 is 0 Å². The Morgan fingerprint density at radius 1 is 1.38 bits per heavy atom. The lowest BCUT2D eigenvalue weighted by molar-refractivity contribution is 0.404. The van der Waals surface area contributed by atoms with Crippen molar-refractivity contribution in [2.24, 2.45) is 11.7 Å². The summed E-state index contributed by atoms with van der Waals surface area (Å²) in [6.45, 7) is 8.10. The van der Waals surface area contributed by atoms with Gasteiger partial charge in [0, 0.05) is 23.6 Å². The van der Waals surface area contributed by atoms with Crippen LogP contribution in [0.1, 0.15) is 25.0 Å². The van der Waals surface area contributed by atoms with E-state index in [0.717, 1.165) is 11.0 Å². The van der Waals surface area contributed by atoms with Gasteiger partial charge in [-0.1, -0.05) is 35.8 Å². The molecule has 1 aromatic carbocycles. The molecule has 0 aliphatic rings. The maximum absolute atomic E-state index is 5.73. The van der Waals surface area contributed by atoms with E-state index in [9.17, 15) is 0 Å². The van der Waals surface area contributed by atoms with Gasteiger partial charge in [-0.3, -0.25) is 0 Å². The highest BCUT2D eigenvalue weighted by molar-refractivity contribution is 9.10. The van der Waals surface area contributed by atoms with Crippen LogP contribution < -0.4 is 11.1 Å². The highest BCUT2D eigenvalue weighted by atomic mass is 79.9. The smallest absolute Gasteiger partial charge is 0.0216 e. The van der Waals surface area contributed by atoms with Gasteiger partial charge in [-0.15, -0.1) is 0 Å². The molecule has 16 heavy (non-hydrogen) atoms. The quantitative estimate of drug-likeness (QED) is 0.873. The van der Waals surface area contributed by atoms with E-state index in [1.807, 2.05) is 0 Å². The molecule has 0 aliphatic carbocycles. The van der Waals surface area contributed by atoms with Gasteiger partial charge in [0.25, 0.3) is 0 Å². The fraction of sp³-hybridized carbons (Fsp3) is 0.538. The van der Waals surface area contributed by atoms with Crippen LogP contribution in [-0.2, 0) is 6.54 Å². The minimum atomic E-state index is 0.392. The average molecular weight is 285 g/mol. The van der Waals surface area contributed by atoms with Crippen molar-refractivity contribution in [3.05, 3.63) is 33.8 Å². The van der Waals surface area contributed by atoms with E-state index in [0.29, 0.717) is 18.5 Å². The zero-order chi connectivity index (χ0) is 12.1. The van der Waals surface area contributed by atoms with E-state index in [1.54, 1.807) is 0 Å². The van der Waals surface area contributed by atoms with Crippen molar-refractivity contribution >= 4 is 15.9 Å². The molecule has 1 aromatic rings. The molecule has 1 rings (SSSR count). The molecule has 0 saturated heterocycles. The molecule has 3 heteroatoms. The zero-order valence-electron chi connectivity index (χ0n) is 10.3. The molecule has 1 unspecified atom stereocenters. The van der Waals surface area contributed by atoms with Gasteiger partial charge in [-0.25, -0.2) is 0 Å². The number of rotatable bonds is 5. The molecule has 0 spiro atoms. The highest BCUT2D eigenvalue weighted by Gasteiger charge is 2.10. The molecule has 0 aromatic heterocycles. The Morgan fingerprint density at radius 2 is 2.06 bits per heavy atom. The minimum Gasteiger partial charge on any atom is -0.329 e. The number of hydrogen-bond acceptors (Lipinski definition) is 2. The molecular formula is C13H21BrN2. The van der Waals surface area contributed by atoms with Crippen LogP contribution in [0.5, 0.6) is 0 Å². The lowest BCUT2D eigenvalue weighted by atomic mass is 10.0. The van der Waals surface area contributed by atoms with Crippen LogP contribution >= 0.6 is 15.9 Å². The Hall–Kier alpha value is -0.380. The summed E-state index contributed by atoms with van der Waals surface area (Å²) >= 11 is 3.47. The second-order valence-electron chi connectivity index (χ2n) is 4.54. The number of hydrogen-bond donors (Lipinski definition) is 2. The largest absolute Gasteiger partial charge is 0.329 e. The van der Waals surface area contributed by atoms with Crippen molar-refractivity contribution in [2.45, 2.75) is 33.4 Å². The fourth-order valence-corrected chi connectivity index (χ4v) is 2.17. The predicted molar refractivity (Wildman–Crippen MR) is 73.4 cm³/mol. The van der Waals surface area contributed by atoms with Crippen LogP contribution in [0, 0.1) is 12.8 Å². The summed E-state index contributed by atoms with van der Waals surface area (Å²) in [6, 6.07) is 6.77. The number of halogens is 1. The third-order valence-electron chi connectivity index (χ3n) is 2.92. The molecular weight excluding hydrogens is 264 g/mol. The molecule has 0 amide bonds. The Labute approximate surface area is 107 Å². The van der Waals surface area contributed by atoms with E-state index in [1.165, 1.54) is 11.1 Å². The number of nitrogens with one attached hydrogen (secondary N) is 1. The Morgan fingerprint density at radius 3 is 2.56 bits per heavy atom.